The first-order valence-electron chi connectivity index (χ1n) is 7.48. The van der Waals surface area contributed by atoms with Gasteiger partial charge in [0.25, 0.3) is 0 Å². The van der Waals surface area contributed by atoms with Crippen molar-refractivity contribution in [3.8, 4) is 0 Å². The van der Waals surface area contributed by atoms with E-state index < -0.39 is 11.7 Å². The molecule has 2 N–H and O–H groups in total. The van der Waals surface area contributed by atoms with E-state index >= 15 is 0 Å². The second kappa shape index (κ2) is 6.79. The number of carbonyl (C=O) groups excluding carboxylic acids is 1. The molecule has 0 radical (unpaired) electrons. The maximum Gasteiger partial charge on any atom is 0.408 e. The molecular formula is C18H23NO3. The summed E-state index contributed by atoms with van der Waals surface area (Å²) in [7, 11) is 0. The number of alkyl carbamates (subject to hydrolysis) is 1. The van der Waals surface area contributed by atoms with E-state index in [4.69, 9.17) is 4.74 Å². The second-order valence-electron chi connectivity index (χ2n) is 6.32. The summed E-state index contributed by atoms with van der Waals surface area (Å²) in [6.07, 6.45) is -0.0310. The SMILES string of the molecule is CC(C)(C)OC(=O)NC(CCO)c1ccc2ccccc2c1. The molecule has 0 spiro atoms. The highest BCUT2D eigenvalue weighted by Gasteiger charge is 2.20. The monoisotopic (exact) mass is 301 g/mol. The van der Waals surface area contributed by atoms with Crippen molar-refractivity contribution in [2.45, 2.75) is 38.8 Å². The van der Waals surface area contributed by atoms with Crippen LogP contribution in [0.3, 0.4) is 0 Å². The third-order valence-electron chi connectivity index (χ3n) is 3.28. The minimum Gasteiger partial charge on any atom is -0.444 e. The van der Waals surface area contributed by atoms with E-state index in [-0.39, 0.29) is 12.6 Å². The van der Waals surface area contributed by atoms with Crippen LogP contribution in [0.4, 0.5) is 4.79 Å². The summed E-state index contributed by atoms with van der Waals surface area (Å²) in [5, 5.41) is 14.3. The van der Waals surface area contributed by atoms with Gasteiger partial charge in [-0.2, -0.15) is 0 Å². The Labute approximate surface area is 131 Å². The van der Waals surface area contributed by atoms with Crippen LogP contribution in [0.2, 0.25) is 0 Å². The third kappa shape index (κ3) is 4.46. The number of fused-ring (bicyclic) bond motifs is 1. The van der Waals surface area contributed by atoms with Gasteiger partial charge in [-0.3, -0.25) is 0 Å². The molecule has 22 heavy (non-hydrogen) atoms. The predicted octanol–water partition coefficient (Wildman–Crippen LogP) is 3.79. The van der Waals surface area contributed by atoms with Crippen LogP contribution in [0.15, 0.2) is 42.5 Å². The van der Waals surface area contributed by atoms with Gasteiger partial charge in [-0.25, -0.2) is 4.79 Å². The quantitative estimate of drug-likeness (QED) is 0.903. The molecule has 2 rings (SSSR count). The normalized spacial score (nSPS) is 12.9. The van der Waals surface area contributed by atoms with Crippen LogP contribution in [0.25, 0.3) is 10.8 Å². The molecule has 0 saturated carbocycles. The van der Waals surface area contributed by atoms with Crippen LogP contribution in [-0.2, 0) is 4.74 Å². The fraction of sp³-hybridized carbons (Fsp3) is 0.389. The number of benzene rings is 2. The van der Waals surface area contributed by atoms with Gasteiger partial charge in [-0.15, -0.1) is 0 Å². The van der Waals surface area contributed by atoms with Gasteiger partial charge in [0.2, 0.25) is 0 Å². The fourth-order valence-corrected chi connectivity index (χ4v) is 2.33. The first-order valence-corrected chi connectivity index (χ1v) is 7.48. The van der Waals surface area contributed by atoms with E-state index in [1.165, 1.54) is 0 Å². The van der Waals surface area contributed by atoms with E-state index in [1.54, 1.807) is 0 Å². The largest absolute Gasteiger partial charge is 0.444 e. The van der Waals surface area contributed by atoms with Crippen LogP contribution in [-0.4, -0.2) is 23.4 Å². The smallest absolute Gasteiger partial charge is 0.408 e. The van der Waals surface area contributed by atoms with Crippen molar-refractivity contribution in [1.82, 2.24) is 5.32 Å². The Morgan fingerprint density at radius 1 is 1.18 bits per heavy atom. The minimum atomic E-state index is -0.544. The summed E-state index contributed by atoms with van der Waals surface area (Å²) >= 11 is 0. The molecule has 118 valence electrons. The van der Waals surface area contributed by atoms with Crippen molar-refractivity contribution in [3.05, 3.63) is 48.0 Å². The lowest BCUT2D eigenvalue weighted by Gasteiger charge is -2.23. The standard InChI is InChI=1S/C18H23NO3/c1-18(2,3)22-17(21)19-16(10-11-20)15-9-8-13-6-4-5-7-14(13)12-15/h4-9,12,16,20H,10-11H2,1-3H3,(H,19,21). The van der Waals surface area contributed by atoms with E-state index in [0.29, 0.717) is 6.42 Å². The molecule has 0 saturated heterocycles. The molecule has 0 aliphatic heterocycles. The van der Waals surface area contributed by atoms with Crippen LogP contribution in [0, 0.1) is 0 Å². The highest BCUT2D eigenvalue weighted by molar-refractivity contribution is 5.83. The van der Waals surface area contributed by atoms with Crippen LogP contribution < -0.4 is 5.32 Å². The van der Waals surface area contributed by atoms with Gasteiger partial charge in [-0.05, 0) is 49.6 Å². The predicted molar refractivity (Wildman–Crippen MR) is 87.8 cm³/mol. The Balaban J connectivity index is 2.20. The first kappa shape index (κ1) is 16.3. The number of hydrogen-bond donors (Lipinski definition) is 2. The van der Waals surface area contributed by atoms with E-state index in [9.17, 15) is 9.90 Å². The summed E-state index contributed by atoms with van der Waals surface area (Å²) in [5.74, 6) is 0. The van der Waals surface area contributed by atoms with Gasteiger partial charge < -0.3 is 15.2 Å². The van der Waals surface area contributed by atoms with Crippen molar-refractivity contribution in [3.63, 3.8) is 0 Å². The van der Waals surface area contributed by atoms with E-state index in [2.05, 4.69) is 5.32 Å². The molecule has 1 amide bonds. The first-order chi connectivity index (χ1) is 10.4. The molecule has 2 aromatic carbocycles. The zero-order valence-electron chi connectivity index (χ0n) is 13.3. The van der Waals surface area contributed by atoms with Crippen molar-refractivity contribution >= 4 is 16.9 Å². The van der Waals surface area contributed by atoms with Crippen molar-refractivity contribution < 1.29 is 14.6 Å². The van der Waals surface area contributed by atoms with Crippen LogP contribution in [0.5, 0.6) is 0 Å². The average Bonchev–Trinajstić information content (AvgIpc) is 2.44. The summed E-state index contributed by atoms with van der Waals surface area (Å²) in [4.78, 5) is 12.0. The molecule has 4 heteroatoms. The highest BCUT2D eigenvalue weighted by atomic mass is 16.6. The average molecular weight is 301 g/mol. The molecule has 0 heterocycles. The molecule has 0 fully saturated rings. The summed E-state index contributed by atoms with van der Waals surface area (Å²) in [6.45, 7) is 5.46. The third-order valence-corrected chi connectivity index (χ3v) is 3.28. The summed E-state index contributed by atoms with van der Waals surface area (Å²) in [6, 6.07) is 13.8. The molecule has 0 aliphatic rings. The number of aliphatic hydroxyl groups excluding tert-OH is 1. The molecule has 1 atom stereocenters. The van der Waals surface area contributed by atoms with Gasteiger partial charge in [0.15, 0.2) is 0 Å². The number of ether oxygens (including phenoxy) is 1. The minimum absolute atomic E-state index is 0.00666. The Morgan fingerprint density at radius 3 is 2.50 bits per heavy atom. The molecule has 4 nitrogen and oxygen atoms in total. The molecule has 2 aromatic rings. The van der Waals surface area contributed by atoms with Crippen molar-refractivity contribution in [1.29, 1.82) is 0 Å². The topological polar surface area (TPSA) is 58.6 Å². The Hall–Kier alpha value is -2.07. The number of hydrogen-bond acceptors (Lipinski definition) is 3. The summed E-state index contributed by atoms with van der Waals surface area (Å²) in [5.41, 5.74) is 0.413. The zero-order valence-corrected chi connectivity index (χ0v) is 13.3. The zero-order chi connectivity index (χ0) is 16.2. The van der Waals surface area contributed by atoms with Gasteiger partial charge in [0, 0.05) is 6.61 Å². The Morgan fingerprint density at radius 2 is 1.86 bits per heavy atom. The van der Waals surface area contributed by atoms with Crippen molar-refractivity contribution in [2.75, 3.05) is 6.61 Å². The van der Waals surface area contributed by atoms with Crippen molar-refractivity contribution in [2.24, 2.45) is 0 Å². The second-order valence-corrected chi connectivity index (χ2v) is 6.32. The van der Waals surface area contributed by atoms with Gasteiger partial charge in [0.05, 0.1) is 6.04 Å². The lowest BCUT2D eigenvalue weighted by atomic mass is 10.00. The lowest BCUT2D eigenvalue weighted by Crippen LogP contribution is -2.35. The Kier molecular flexibility index (Phi) is 5.03. The maximum absolute atomic E-state index is 12.0. The number of amides is 1. The molecule has 1 unspecified atom stereocenters. The van der Waals surface area contributed by atoms with Gasteiger partial charge in [0.1, 0.15) is 5.60 Å². The fourth-order valence-electron chi connectivity index (χ4n) is 2.33. The molecular weight excluding hydrogens is 278 g/mol. The number of nitrogens with one attached hydrogen (secondary N) is 1. The highest BCUT2D eigenvalue weighted by Crippen LogP contribution is 2.23. The van der Waals surface area contributed by atoms with Gasteiger partial charge >= 0.3 is 6.09 Å². The van der Waals surface area contributed by atoms with E-state index in [0.717, 1.165) is 16.3 Å². The van der Waals surface area contributed by atoms with Crippen LogP contribution in [0.1, 0.15) is 38.8 Å². The number of rotatable bonds is 4. The number of carbonyl (C=O) groups is 1. The molecule has 0 aliphatic carbocycles. The number of aliphatic hydroxyl groups is 1. The summed E-state index contributed by atoms with van der Waals surface area (Å²) < 4.78 is 5.29. The molecule has 0 aromatic heterocycles. The molecule has 0 bridgehead atoms. The van der Waals surface area contributed by atoms with Gasteiger partial charge in [-0.1, -0.05) is 36.4 Å². The Bertz CT molecular complexity index is 646. The lowest BCUT2D eigenvalue weighted by molar-refractivity contribution is 0.0496. The maximum atomic E-state index is 12.0. The van der Waals surface area contributed by atoms with Crippen LogP contribution >= 0.6 is 0 Å². The van der Waals surface area contributed by atoms with E-state index in [1.807, 2.05) is 63.2 Å².